The summed E-state index contributed by atoms with van der Waals surface area (Å²) in [6.07, 6.45) is 4.65. The fourth-order valence-corrected chi connectivity index (χ4v) is 5.67. The van der Waals surface area contributed by atoms with Crippen molar-refractivity contribution in [3.05, 3.63) is 107 Å². The zero-order valence-corrected chi connectivity index (χ0v) is 24.2. The first kappa shape index (κ1) is 27.4. The highest BCUT2D eigenvalue weighted by atomic mass is 15.1. The summed E-state index contributed by atoms with van der Waals surface area (Å²) in [6.45, 7) is 19.4. The molecule has 1 aliphatic carbocycles. The van der Waals surface area contributed by atoms with Crippen molar-refractivity contribution in [1.82, 2.24) is 0 Å². The molecule has 0 saturated carbocycles. The molecule has 0 fully saturated rings. The van der Waals surface area contributed by atoms with Crippen LogP contribution in [0.15, 0.2) is 84.9 Å². The number of hydrogen-bond donors (Lipinski definition) is 0. The minimum absolute atomic E-state index is 0.996. The van der Waals surface area contributed by atoms with Gasteiger partial charge in [0, 0.05) is 43.6 Å². The SMILES string of the molecule is CCN(CC)c1ccc(C(=C2C=CC(=[N+](CC)CC)c3ccccc32)c2ccc(N(CC)CC)cc2)cc1. The Labute approximate surface area is 230 Å². The highest BCUT2D eigenvalue weighted by Crippen LogP contribution is 2.38. The van der Waals surface area contributed by atoms with Crippen LogP contribution in [-0.2, 0) is 0 Å². The van der Waals surface area contributed by atoms with Crippen LogP contribution in [0.2, 0.25) is 0 Å². The standard InChI is InChI=1S/C35H44N3/c1-7-36(8-2)29-21-17-27(18-22-29)35(28-19-23-30(24-20-28)37(9-3)10-4)33-25-26-34(38(11-5)12-6)32-16-14-13-15-31(32)33/h13-26H,7-12H2,1-6H3/q+1. The molecule has 0 aromatic heterocycles. The minimum atomic E-state index is 0.996. The first-order valence-electron chi connectivity index (χ1n) is 14.4. The molecule has 0 atom stereocenters. The number of benzene rings is 3. The summed E-state index contributed by atoms with van der Waals surface area (Å²) in [5, 5.41) is 0. The Kier molecular flexibility index (Phi) is 9.23. The maximum atomic E-state index is 2.45. The van der Waals surface area contributed by atoms with Gasteiger partial charge in [-0.2, -0.15) is 0 Å². The summed E-state index contributed by atoms with van der Waals surface area (Å²) in [7, 11) is 0. The summed E-state index contributed by atoms with van der Waals surface area (Å²) in [4.78, 5) is 4.80. The molecule has 38 heavy (non-hydrogen) atoms. The first-order chi connectivity index (χ1) is 18.6. The van der Waals surface area contributed by atoms with E-state index in [4.69, 9.17) is 0 Å². The molecule has 0 bridgehead atoms. The molecule has 198 valence electrons. The van der Waals surface area contributed by atoms with Crippen molar-refractivity contribution in [2.24, 2.45) is 0 Å². The van der Waals surface area contributed by atoms with Crippen LogP contribution in [0.5, 0.6) is 0 Å². The van der Waals surface area contributed by atoms with E-state index in [9.17, 15) is 0 Å². The van der Waals surface area contributed by atoms with E-state index in [1.54, 1.807) is 0 Å². The van der Waals surface area contributed by atoms with Gasteiger partial charge in [-0.25, -0.2) is 4.58 Å². The molecule has 0 aliphatic heterocycles. The van der Waals surface area contributed by atoms with Crippen LogP contribution in [-0.4, -0.2) is 49.6 Å². The highest BCUT2D eigenvalue weighted by molar-refractivity contribution is 6.17. The average Bonchev–Trinajstić information content (AvgIpc) is 2.97. The summed E-state index contributed by atoms with van der Waals surface area (Å²) in [6, 6.07) is 27.2. The molecule has 0 radical (unpaired) electrons. The summed E-state index contributed by atoms with van der Waals surface area (Å²) in [5.74, 6) is 0. The van der Waals surface area contributed by atoms with Gasteiger partial charge >= 0.3 is 0 Å². The van der Waals surface area contributed by atoms with Gasteiger partial charge < -0.3 is 9.80 Å². The van der Waals surface area contributed by atoms with E-state index < -0.39 is 0 Å². The first-order valence-corrected chi connectivity index (χ1v) is 14.4. The molecule has 0 N–H and O–H groups in total. The lowest BCUT2D eigenvalue weighted by Crippen LogP contribution is -2.23. The highest BCUT2D eigenvalue weighted by Gasteiger charge is 2.24. The number of rotatable bonds is 10. The molecule has 4 rings (SSSR count). The predicted octanol–water partition coefficient (Wildman–Crippen LogP) is 7.75. The molecule has 3 heteroatoms. The minimum Gasteiger partial charge on any atom is -0.372 e. The van der Waals surface area contributed by atoms with Gasteiger partial charge in [0.05, 0.1) is 5.56 Å². The van der Waals surface area contributed by atoms with Gasteiger partial charge in [0.25, 0.3) is 0 Å². The lowest BCUT2D eigenvalue weighted by atomic mass is 9.83. The van der Waals surface area contributed by atoms with Gasteiger partial charge in [0.1, 0.15) is 13.1 Å². The van der Waals surface area contributed by atoms with E-state index in [-0.39, 0.29) is 0 Å². The lowest BCUT2D eigenvalue weighted by molar-refractivity contribution is -0.519. The van der Waals surface area contributed by atoms with Crippen molar-refractivity contribution in [2.75, 3.05) is 49.1 Å². The van der Waals surface area contributed by atoms with Crippen LogP contribution >= 0.6 is 0 Å². The van der Waals surface area contributed by atoms with Gasteiger partial charge in [-0.1, -0.05) is 42.5 Å². The Balaban J connectivity index is 1.94. The molecule has 3 aromatic rings. The Morgan fingerprint density at radius 3 is 1.42 bits per heavy atom. The van der Waals surface area contributed by atoms with Crippen molar-refractivity contribution in [2.45, 2.75) is 41.5 Å². The van der Waals surface area contributed by atoms with Gasteiger partial charge in [0.2, 0.25) is 5.71 Å². The van der Waals surface area contributed by atoms with Crippen LogP contribution in [0.25, 0.3) is 11.1 Å². The van der Waals surface area contributed by atoms with E-state index in [1.807, 2.05) is 0 Å². The van der Waals surface area contributed by atoms with Gasteiger partial charge in [-0.05, 0) is 106 Å². The molecule has 0 heterocycles. The van der Waals surface area contributed by atoms with Gasteiger partial charge in [-0.15, -0.1) is 0 Å². The number of hydrogen-bond acceptors (Lipinski definition) is 2. The third-order valence-electron chi connectivity index (χ3n) is 7.84. The molecule has 0 saturated heterocycles. The summed E-state index contributed by atoms with van der Waals surface area (Å²) >= 11 is 0. The smallest absolute Gasteiger partial charge is 0.207 e. The van der Waals surface area contributed by atoms with Crippen LogP contribution in [0, 0.1) is 0 Å². The Hall–Kier alpha value is -3.59. The predicted molar refractivity (Wildman–Crippen MR) is 167 cm³/mol. The lowest BCUT2D eigenvalue weighted by Gasteiger charge is -2.24. The Bertz CT molecular complexity index is 1240. The largest absolute Gasteiger partial charge is 0.372 e. The van der Waals surface area contributed by atoms with Crippen molar-refractivity contribution < 1.29 is 4.58 Å². The molecule has 0 unspecified atom stereocenters. The number of nitrogens with zero attached hydrogens (tertiary/aromatic N) is 3. The van der Waals surface area contributed by atoms with Gasteiger partial charge in [-0.3, -0.25) is 0 Å². The molecule has 1 aliphatic rings. The van der Waals surface area contributed by atoms with E-state index >= 15 is 0 Å². The molecular weight excluding hydrogens is 462 g/mol. The van der Waals surface area contributed by atoms with Crippen LogP contribution < -0.4 is 9.80 Å². The number of anilines is 2. The Morgan fingerprint density at radius 2 is 1.00 bits per heavy atom. The third kappa shape index (κ3) is 5.48. The van der Waals surface area contributed by atoms with Crippen molar-refractivity contribution in [1.29, 1.82) is 0 Å². The van der Waals surface area contributed by atoms with Crippen molar-refractivity contribution in [3.8, 4) is 0 Å². The van der Waals surface area contributed by atoms with Crippen molar-refractivity contribution in [3.63, 3.8) is 0 Å². The van der Waals surface area contributed by atoms with Gasteiger partial charge in [0.15, 0.2) is 0 Å². The van der Waals surface area contributed by atoms with E-state index in [2.05, 4.69) is 141 Å². The zero-order valence-electron chi connectivity index (χ0n) is 24.2. The second-order valence-electron chi connectivity index (χ2n) is 9.66. The quantitative estimate of drug-likeness (QED) is 0.260. The molecule has 3 aromatic carbocycles. The van der Waals surface area contributed by atoms with E-state index in [0.717, 1.165) is 39.3 Å². The molecular formula is C35H44N3+. The van der Waals surface area contributed by atoms with Crippen molar-refractivity contribution >= 4 is 28.2 Å². The second kappa shape index (κ2) is 12.8. The third-order valence-corrected chi connectivity index (χ3v) is 7.84. The average molecular weight is 507 g/mol. The summed E-state index contributed by atoms with van der Waals surface area (Å²) < 4.78 is 2.45. The van der Waals surface area contributed by atoms with E-state index in [0.29, 0.717) is 0 Å². The summed E-state index contributed by atoms with van der Waals surface area (Å²) in [5.41, 5.74) is 11.5. The van der Waals surface area contributed by atoms with Crippen LogP contribution in [0.4, 0.5) is 11.4 Å². The fraction of sp³-hybridized carbons (Fsp3) is 0.343. The maximum Gasteiger partial charge on any atom is 0.207 e. The molecule has 0 amide bonds. The molecule has 3 nitrogen and oxygen atoms in total. The second-order valence-corrected chi connectivity index (χ2v) is 9.66. The maximum absolute atomic E-state index is 2.45. The molecule has 0 spiro atoms. The normalized spacial score (nSPS) is 12.4. The fourth-order valence-electron chi connectivity index (χ4n) is 5.67. The van der Waals surface area contributed by atoms with Crippen LogP contribution in [0.3, 0.4) is 0 Å². The number of fused-ring (bicyclic) bond motifs is 1. The Morgan fingerprint density at radius 1 is 0.553 bits per heavy atom. The zero-order chi connectivity index (χ0) is 27.1. The number of allylic oxidation sites excluding steroid dienone is 3. The van der Waals surface area contributed by atoms with Crippen LogP contribution in [0.1, 0.15) is 63.8 Å². The van der Waals surface area contributed by atoms with E-state index in [1.165, 1.54) is 50.5 Å². The topological polar surface area (TPSA) is 9.49 Å². The monoisotopic (exact) mass is 506 g/mol.